The van der Waals surface area contributed by atoms with Crippen LogP contribution in [0, 0.1) is 5.82 Å². The van der Waals surface area contributed by atoms with E-state index >= 15 is 0 Å². The summed E-state index contributed by atoms with van der Waals surface area (Å²) in [5.41, 5.74) is 3.75. The van der Waals surface area contributed by atoms with Gasteiger partial charge in [0, 0.05) is 17.7 Å². The molecule has 2 N–H and O–H groups in total. The second kappa shape index (κ2) is 9.20. The Morgan fingerprint density at radius 1 is 1.29 bits per heavy atom. The Morgan fingerprint density at radius 2 is 2.08 bits per heavy atom. The highest BCUT2D eigenvalue weighted by Crippen LogP contribution is 2.23. The van der Waals surface area contributed by atoms with Crippen LogP contribution in [0.25, 0.3) is 0 Å². The van der Waals surface area contributed by atoms with E-state index in [-0.39, 0.29) is 6.61 Å². The van der Waals surface area contributed by atoms with Gasteiger partial charge in [0.1, 0.15) is 18.2 Å². The molecule has 0 amide bonds. The standard InChI is InChI=1S/C17H17ClFN3OS/c1-2-20-17(24)22-21-10-12-6-3-4-9-16(12)23-11-13-14(18)7-5-8-15(13)19/h3-10H,2,11H2,1H3,(H2,20,22,24)/b21-10+. The summed E-state index contributed by atoms with van der Waals surface area (Å²) >= 11 is 11.0. The van der Waals surface area contributed by atoms with Crippen molar-refractivity contribution in [2.24, 2.45) is 5.10 Å². The van der Waals surface area contributed by atoms with Gasteiger partial charge in [-0.2, -0.15) is 5.10 Å². The van der Waals surface area contributed by atoms with Crippen molar-refractivity contribution < 1.29 is 9.13 Å². The minimum absolute atomic E-state index is 0.0274. The summed E-state index contributed by atoms with van der Waals surface area (Å²) in [4.78, 5) is 0. The van der Waals surface area contributed by atoms with E-state index in [0.717, 1.165) is 5.56 Å². The molecule has 0 saturated heterocycles. The molecule has 2 rings (SSSR count). The molecule has 0 radical (unpaired) electrons. The average molecular weight is 366 g/mol. The molecule has 0 aliphatic heterocycles. The van der Waals surface area contributed by atoms with Crippen molar-refractivity contribution in [3.05, 3.63) is 64.4 Å². The fourth-order valence-corrected chi connectivity index (χ4v) is 2.31. The number of thiocarbonyl (C=S) groups is 1. The van der Waals surface area contributed by atoms with E-state index in [0.29, 0.717) is 28.0 Å². The Balaban J connectivity index is 2.06. The van der Waals surface area contributed by atoms with Crippen LogP contribution in [0.5, 0.6) is 5.75 Å². The first-order valence-electron chi connectivity index (χ1n) is 7.33. The van der Waals surface area contributed by atoms with Gasteiger partial charge in [0.25, 0.3) is 0 Å². The quantitative estimate of drug-likeness (QED) is 0.463. The van der Waals surface area contributed by atoms with Crippen LogP contribution in [0.4, 0.5) is 4.39 Å². The van der Waals surface area contributed by atoms with Gasteiger partial charge >= 0.3 is 0 Å². The molecule has 0 unspecified atom stereocenters. The van der Waals surface area contributed by atoms with Crippen molar-refractivity contribution in [3.63, 3.8) is 0 Å². The molecular weight excluding hydrogens is 349 g/mol. The lowest BCUT2D eigenvalue weighted by atomic mass is 10.2. The first-order valence-corrected chi connectivity index (χ1v) is 8.12. The Bertz CT molecular complexity index is 719. The van der Waals surface area contributed by atoms with Crippen molar-refractivity contribution in [2.45, 2.75) is 13.5 Å². The Labute approximate surface area is 150 Å². The molecule has 4 nitrogen and oxygen atoms in total. The Hall–Kier alpha value is -2.18. The number of hydrogen-bond acceptors (Lipinski definition) is 3. The van der Waals surface area contributed by atoms with E-state index in [4.69, 9.17) is 28.6 Å². The van der Waals surface area contributed by atoms with Gasteiger partial charge in [-0.05, 0) is 43.4 Å². The summed E-state index contributed by atoms with van der Waals surface area (Å²) in [5.74, 6) is 0.169. The number of para-hydroxylation sites is 1. The maximum Gasteiger partial charge on any atom is 0.186 e. The van der Waals surface area contributed by atoms with Crippen LogP contribution < -0.4 is 15.5 Å². The maximum absolute atomic E-state index is 13.8. The van der Waals surface area contributed by atoms with E-state index in [9.17, 15) is 4.39 Å². The number of rotatable bonds is 6. The van der Waals surface area contributed by atoms with Gasteiger partial charge in [-0.15, -0.1) is 0 Å². The molecule has 0 aliphatic rings. The highest BCUT2D eigenvalue weighted by Gasteiger charge is 2.09. The molecule has 0 saturated carbocycles. The number of benzene rings is 2. The molecule has 0 atom stereocenters. The van der Waals surface area contributed by atoms with E-state index in [2.05, 4.69) is 15.8 Å². The first-order chi connectivity index (χ1) is 11.6. The van der Waals surface area contributed by atoms with Crippen LogP contribution in [0.3, 0.4) is 0 Å². The number of ether oxygens (including phenoxy) is 1. The van der Waals surface area contributed by atoms with Gasteiger partial charge < -0.3 is 10.1 Å². The number of hydrazone groups is 1. The number of halogens is 2. The van der Waals surface area contributed by atoms with Crippen molar-refractivity contribution in [1.82, 2.24) is 10.7 Å². The molecule has 24 heavy (non-hydrogen) atoms. The van der Waals surface area contributed by atoms with E-state index in [1.165, 1.54) is 6.07 Å². The molecule has 2 aromatic rings. The van der Waals surface area contributed by atoms with Gasteiger partial charge in [0.05, 0.1) is 11.2 Å². The minimum atomic E-state index is -0.397. The van der Waals surface area contributed by atoms with Gasteiger partial charge in [-0.3, -0.25) is 5.43 Å². The Morgan fingerprint density at radius 3 is 2.83 bits per heavy atom. The van der Waals surface area contributed by atoms with Crippen LogP contribution in [0.1, 0.15) is 18.1 Å². The second-order valence-electron chi connectivity index (χ2n) is 4.76. The smallest absolute Gasteiger partial charge is 0.186 e. The fourth-order valence-electron chi connectivity index (χ4n) is 1.90. The van der Waals surface area contributed by atoms with E-state index < -0.39 is 5.82 Å². The summed E-state index contributed by atoms with van der Waals surface area (Å²) in [6.07, 6.45) is 1.59. The van der Waals surface area contributed by atoms with Gasteiger partial charge in [0.2, 0.25) is 0 Å². The topological polar surface area (TPSA) is 45.7 Å². The van der Waals surface area contributed by atoms with Crippen LogP contribution in [0.2, 0.25) is 5.02 Å². The normalized spacial score (nSPS) is 10.6. The first kappa shape index (κ1) is 18.2. The summed E-state index contributed by atoms with van der Waals surface area (Å²) < 4.78 is 19.5. The fraction of sp³-hybridized carbons (Fsp3) is 0.176. The van der Waals surface area contributed by atoms with E-state index in [1.54, 1.807) is 24.4 Å². The van der Waals surface area contributed by atoms with Crippen molar-refractivity contribution in [2.75, 3.05) is 6.54 Å². The molecule has 7 heteroatoms. The highest BCUT2D eigenvalue weighted by atomic mass is 35.5. The molecular formula is C17H17ClFN3OS. The third-order valence-electron chi connectivity index (χ3n) is 3.06. The molecule has 126 valence electrons. The predicted molar refractivity (Wildman–Crippen MR) is 99.2 cm³/mol. The average Bonchev–Trinajstić information content (AvgIpc) is 2.56. The largest absolute Gasteiger partial charge is 0.488 e. The monoisotopic (exact) mass is 365 g/mol. The third-order valence-corrected chi connectivity index (χ3v) is 3.65. The van der Waals surface area contributed by atoms with Crippen LogP contribution in [-0.2, 0) is 6.61 Å². The Kier molecular flexibility index (Phi) is 6.96. The van der Waals surface area contributed by atoms with Gasteiger partial charge in [-0.1, -0.05) is 29.8 Å². The van der Waals surface area contributed by atoms with Crippen LogP contribution >= 0.6 is 23.8 Å². The van der Waals surface area contributed by atoms with Crippen LogP contribution in [0.15, 0.2) is 47.6 Å². The molecule has 0 heterocycles. The number of nitrogens with zero attached hydrogens (tertiary/aromatic N) is 1. The second-order valence-corrected chi connectivity index (χ2v) is 5.57. The van der Waals surface area contributed by atoms with Crippen molar-refractivity contribution in [1.29, 1.82) is 0 Å². The van der Waals surface area contributed by atoms with Gasteiger partial charge in [0.15, 0.2) is 5.11 Å². The maximum atomic E-state index is 13.8. The summed E-state index contributed by atoms with van der Waals surface area (Å²) in [7, 11) is 0. The zero-order valence-corrected chi connectivity index (χ0v) is 14.6. The molecule has 0 aromatic heterocycles. The van der Waals surface area contributed by atoms with Gasteiger partial charge in [-0.25, -0.2) is 4.39 Å². The SMILES string of the molecule is CCNC(=S)N/N=C/c1ccccc1OCc1c(F)cccc1Cl. The number of hydrogen-bond donors (Lipinski definition) is 2. The molecule has 0 spiro atoms. The summed E-state index contributed by atoms with van der Waals surface area (Å²) in [5, 5.41) is 7.74. The van der Waals surface area contributed by atoms with E-state index in [1.807, 2.05) is 25.1 Å². The zero-order chi connectivity index (χ0) is 17.4. The van der Waals surface area contributed by atoms with Crippen molar-refractivity contribution >= 4 is 35.1 Å². The van der Waals surface area contributed by atoms with Crippen molar-refractivity contribution in [3.8, 4) is 5.75 Å². The summed E-state index contributed by atoms with van der Waals surface area (Å²) in [6.45, 7) is 2.68. The predicted octanol–water partition coefficient (Wildman–Crippen LogP) is 3.88. The molecule has 2 aromatic carbocycles. The molecule has 0 aliphatic carbocycles. The lowest BCUT2D eigenvalue weighted by Gasteiger charge is -2.11. The lowest BCUT2D eigenvalue weighted by Crippen LogP contribution is -2.31. The molecule has 0 fully saturated rings. The lowest BCUT2D eigenvalue weighted by molar-refractivity contribution is 0.299. The number of nitrogens with one attached hydrogen (secondary N) is 2. The zero-order valence-electron chi connectivity index (χ0n) is 13.1. The highest BCUT2D eigenvalue weighted by molar-refractivity contribution is 7.80. The van der Waals surface area contributed by atoms with Crippen LogP contribution in [-0.4, -0.2) is 17.9 Å². The summed E-state index contributed by atoms with van der Waals surface area (Å²) in [6, 6.07) is 11.8. The molecule has 0 bridgehead atoms. The third kappa shape index (κ3) is 5.18. The minimum Gasteiger partial charge on any atom is -0.488 e.